The Hall–Kier alpha value is -0.0800. The molecule has 1 aliphatic carbocycles. The van der Waals surface area contributed by atoms with Crippen molar-refractivity contribution in [1.29, 1.82) is 0 Å². The standard InChI is InChI=1S/C9H19NO.C7H14/c1-8(2)7-10-5-3-9(11)4-6-10;1-2-4-7-5-3-6-7/h8-9,11H,3-7H2,1-2H3;7H,2-6H2,1H3. The molecule has 0 aromatic carbocycles. The fraction of sp³-hybridized carbons (Fsp3) is 1.00. The van der Waals surface area contributed by atoms with E-state index in [1.165, 1.54) is 38.6 Å². The van der Waals surface area contributed by atoms with Gasteiger partial charge in [-0.05, 0) is 24.7 Å². The van der Waals surface area contributed by atoms with Crippen LogP contribution >= 0.6 is 0 Å². The lowest BCUT2D eigenvalue weighted by atomic mass is 9.82. The van der Waals surface area contributed by atoms with E-state index in [0.717, 1.165) is 37.8 Å². The smallest absolute Gasteiger partial charge is 0.0564 e. The zero-order valence-electron chi connectivity index (χ0n) is 12.7. The summed E-state index contributed by atoms with van der Waals surface area (Å²) in [5, 5.41) is 9.23. The molecule has 1 heterocycles. The highest BCUT2D eigenvalue weighted by Gasteiger charge is 2.16. The number of aliphatic hydroxyl groups excluding tert-OH is 1. The van der Waals surface area contributed by atoms with E-state index in [2.05, 4.69) is 25.7 Å². The molecule has 0 amide bonds. The maximum Gasteiger partial charge on any atom is 0.0564 e. The first-order valence-electron chi connectivity index (χ1n) is 8.02. The fourth-order valence-electron chi connectivity index (χ4n) is 2.81. The molecule has 18 heavy (non-hydrogen) atoms. The van der Waals surface area contributed by atoms with Crippen LogP contribution in [0.2, 0.25) is 0 Å². The minimum absolute atomic E-state index is 0.0292. The maximum absolute atomic E-state index is 9.23. The Labute approximate surface area is 114 Å². The van der Waals surface area contributed by atoms with Gasteiger partial charge in [-0.3, -0.25) is 0 Å². The molecule has 1 saturated heterocycles. The van der Waals surface area contributed by atoms with Crippen LogP contribution in [-0.2, 0) is 0 Å². The van der Waals surface area contributed by atoms with Gasteiger partial charge in [0.25, 0.3) is 0 Å². The molecule has 0 radical (unpaired) electrons. The van der Waals surface area contributed by atoms with Crippen LogP contribution in [0.1, 0.15) is 65.7 Å². The van der Waals surface area contributed by atoms with Crippen molar-refractivity contribution >= 4 is 0 Å². The van der Waals surface area contributed by atoms with Gasteiger partial charge in [0.1, 0.15) is 0 Å². The molecule has 1 N–H and O–H groups in total. The number of hydrogen-bond donors (Lipinski definition) is 1. The number of piperidine rings is 1. The van der Waals surface area contributed by atoms with Gasteiger partial charge >= 0.3 is 0 Å². The molecule has 108 valence electrons. The van der Waals surface area contributed by atoms with Gasteiger partial charge in [0.2, 0.25) is 0 Å². The predicted octanol–water partition coefficient (Wildman–Crippen LogP) is 3.69. The summed E-state index contributed by atoms with van der Waals surface area (Å²) < 4.78 is 0. The summed E-state index contributed by atoms with van der Waals surface area (Å²) in [4.78, 5) is 2.44. The Bertz CT molecular complexity index is 193. The average molecular weight is 255 g/mol. The molecule has 0 unspecified atom stereocenters. The summed E-state index contributed by atoms with van der Waals surface area (Å²) in [6.45, 7) is 10.1. The number of likely N-dealkylation sites (tertiary alicyclic amines) is 1. The third-order valence-corrected chi connectivity index (χ3v) is 4.10. The molecule has 2 heteroatoms. The number of rotatable bonds is 4. The molecule has 1 saturated carbocycles. The summed E-state index contributed by atoms with van der Waals surface area (Å²) in [5.41, 5.74) is 0. The molecule has 0 spiro atoms. The quantitative estimate of drug-likeness (QED) is 0.828. The van der Waals surface area contributed by atoms with Crippen LogP contribution in [-0.4, -0.2) is 35.7 Å². The van der Waals surface area contributed by atoms with Crippen LogP contribution in [0.4, 0.5) is 0 Å². The molecule has 0 aromatic rings. The van der Waals surface area contributed by atoms with Crippen molar-refractivity contribution < 1.29 is 5.11 Å². The second-order valence-electron chi connectivity index (χ2n) is 6.51. The van der Waals surface area contributed by atoms with Crippen LogP contribution in [0.3, 0.4) is 0 Å². The van der Waals surface area contributed by atoms with E-state index in [1.807, 2.05) is 0 Å². The third-order valence-electron chi connectivity index (χ3n) is 4.10. The first kappa shape index (κ1) is 16.0. The minimum atomic E-state index is -0.0292. The van der Waals surface area contributed by atoms with E-state index in [0.29, 0.717) is 0 Å². The van der Waals surface area contributed by atoms with Gasteiger partial charge < -0.3 is 10.0 Å². The molecule has 2 fully saturated rings. The van der Waals surface area contributed by atoms with E-state index >= 15 is 0 Å². The predicted molar refractivity (Wildman–Crippen MR) is 78.8 cm³/mol. The van der Waals surface area contributed by atoms with E-state index in [9.17, 15) is 5.11 Å². The Morgan fingerprint density at radius 3 is 2.06 bits per heavy atom. The molecular weight excluding hydrogens is 222 g/mol. The zero-order valence-corrected chi connectivity index (χ0v) is 12.7. The summed E-state index contributed by atoms with van der Waals surface area (Å²) in [6.07, 6.45) is 9.33. The molecule has 2 nitrogen and oxygen atoms in total. The molecule has 0 atom stereocenters. The molecule has 2 aliphatic rings. The Morgan fingerprint density at radius 2 is 1.72 bits per heavy atom. The van der Waals surface area contributed by atoms with Crippen LogP contribution in [0.25, 0.3) is 0 Å². The van der Waals surface area contributed by atoms with Crippen LogP contribution < -0.4 is 0 Å². The molecule has 0 bridgehead atoms. The van der Waals surface area contributed by atoms with Crippen molar-refractivity contribution in [3.05, 3.63) is 0 Å². The summed E-state index contributed by atoms with van der Waals surface area (Å²) in [6, 6.07) is 0. The van der Waals surface area contributed by atoms with Gasteiger partial charge in [0.05, 0.1) is 6.10 Å². The van der Waals surface area contributed by atoms with Gasteiger partial charge in [-0.2, -0.15) is 0 Å². The van der Waals surface area contributed by atoms with Gasteiger partial charge in [-0.1, -0.05) is 52.9 Å². The Kier molecular flexibility index (Phi) is 7.92. The van der Waals surface area contributed by atoms with Crippen LogP contribution in [0.15, 0.2) is 0 Å². The Morgan fingerprint density at radius 1 is 1.11 bits per heavy atom. The lowest BCUT2D eigenvalue weighted by molar-refractivity contribution is 0.0772. The SMILES string of the molecule is CC(C)CN1CCC(O)CC1.CCCC1CCC1. The number of aliphatic hydroxyl groups is 1. The third kappa shape index (κ3) is 6.75. The maximum atomic E-state index is 9.23. The van der Waals surface area contributed by atoms with Crippen molar-refractivity contribution in [2.45, 2.75) is 71.8 Å². The van der Waals surface area contributed by atoms with E-state index in [1.54, 1.807) is 0 Å². The molecular formula is C16H33NO. The molecule has 2 rings (SSSR count). The number of nitrogens with zero attached hydrogens (tertiary/aromatic N) is 1. The van der Waals surface area contributed by atoms with E-state index in [4.69, 9.17) is 0 Å². The fourth-order valence-corrected chi connectivity index (χ4v) is 2.81. The number of hydrogen-bond acceptors (Lipinski definition) is 2. The highest BCUT2D eigenvalue weighted by molar-refractivity contribution is 4.71. The lowest BCUT2D eigenvalue weighted by Gasteiger charge is -2.30. The van der Waals surface area contributed by atoms with Crippen molar-refractivity contribution in [3.63, 3.8) is 0 Å². The summed E-state index contributed by atoms with van der Waals surface area (Å²) >= 11 is 0. The summed E-state index contributed by atoms with van der Waals surface area (Å²) in [5.74, 6) is 1.88. The van der Waals surface area contributed by atoms with Crippen molar-refractivity contribution in [2.24, 2.45) is 11.8 Å². The first-order valence-corrected chi connectivity index (χ1v) is 8.02. The van der Waals surface area contributed by atoms with Crippen LogP contribution in [0.5, 0.6) is 0 Å². The lowest BCUT2D eigenvalue weighted by Crippen LogP contribution is -2.37. The zero-order chi connectivity index (χ0) is 13.4. The van der Waals surface area contributed by atoms with Gasteiger partial charge in [-0.25, -0.2) is 0 Å². The Balaban J connectivity index is 0.000000199. The normalized spacial score (nSPS) is 22.5. The first-order chi connectivity index (χ1) is 8.61. The van der Waals surface area contributed by atoms with Crippen molar-refractivity contribution in [1.82, 2.24) is 4.90 Å². The average Bonchev–Trinajstić information content (AvgIpc) is 2.27. The monoisotopic (exact) mass is 255 g/mol. The van der Waals surface area contributed by atoms with Gasteiger partial charge in [0.15, 0.2) is 0 Å². The van der Waals surface area contributed by atoms with E-state index < -0.39 is 0 Å². The summed E-state index contributed by atoms with van der Waals surface area (Å²) in [7, 11) is 0. The molecule has 1 aliphatic heterocycles. The molecule has 0 aromatic heterocycles. The highest BCUT2D eigenvalue weighted by atomic mass is 16.3. The highest BCUT2D eigenvalue weighted by Crippen LogP contribution is 2.29. The van der Waals surface area contributed by atoms with Crippen LogP contribution in [0, 0.1) is 11.8 Å². The minimum Gasteiger partial charge on any atom is -0.393 e. The second-order valence-corrected chi connectivity index (χ2v) is 6.51. The largest absolute Gasteiger partial charge is 0.393 e. The van der Waals surface area contributed by atoms with Crippen molar-refractivity contribution in [3.8, 4) is 0 Å². The second kappa shape index (κ2) is 8.92. The van der Waals surface area contributed by atoms with Gasteiger partial charge in [0, 0.05) is 19.6 Å². The van der Waals surface area contributed by atoms with Crippen molar-refractivity contribution in [2.75, 3.05) is 19.6 Å². The van der Waals surface area contributed by atoms with Gasteiger partial charge in [-0.15, -0.1) is 0 Å². The van der Waals surface area contributed by atoms with E-state index in [-0.39, 0.29) is 6.10 Å². The topological polar surface area (TPSA) is 23.5 Å².